The van der Waals surface area contributed by atoms with Gasteiger partial charge in [0, 0.05) is 11.8 Å². The number of hydrogen-bond acceptors (Lipinski definition) is 5. The smallest absolute Gasteiger partial charge is 0.324 e. The lowest BCUT2D eigenvalue weighted by Gasteiger charge is -2.09. The van der Waals surface area contributed by atoms with Gasteiger partial charge in [-0.05, 0) is 13.8 Å². The summed E-state index contributed by atoms with van der Waals surface area (Å²) >= 11 is 0. The van der Waals surface area contributed by atoms with E-state index in [0.29, 0.717) is 11.7 Å². The van der Waals surface area contributed by atoms with Crippen molar-refractivity contribution in [1.82, 2.24) is 9.97 Å². The van der Waals surface area contributed by atoms with Crippen LogP contribution in [0, 0.1) is 13.8 Å². The maximum absolute atomic E-state index is 10.4. The average Bonchev–Trinajstić information content (AvgIpc) is 2.12. The molecule has 0 fully saturated rings. The number of ether oxygens (including phenoxy) is 1. The second-order valence-corrected chi connectivity index (χ2v) is 3.15. The van der Waals surface area contributed by atoms with E-state index in [1.54, 1.807) is 19.9 Å². The minimum absolute atomic E-state index is 0.106. The van der Waals surface area contributed by atoms with Gasteiger partial charge in [-0.15, -0.1) is 0 Å². The van der Waals surface area contributed by atoms with Gasteiger partial charge in [0.15, 0.2) is 0 Å². The van der Waals surface area contributed by atoms with Crippen LogP contribution in [0.3, 0.4) is 0 Å². The maximum Gasteiger partial charge on any atom is 0.324 e. The summed E-state index contributed by atoms with van der Waals surface area (Å²) in [5, 5.41) is 8.53. The minimum atomic E-state index is -1.10. The Balaban J connectivity index is 2.61. The molecule has 0 amide bonds. The molecule has 1 aromatic rings. The van der Waals surface area contributed by atoms with Crippen LogP contribution in [0.2, 0.25) is 0 Å². The van der Waals surface area contributed by atoms with E-state index in [1.807, 2.05) is 0 Å². The predicted molar refractivity (Wildman–Crippen MR) is 52.6 cm³/mol. The molecule has 0 spiro atoms. The van der Waals surface area contributed by atoms with Gasteiger partial charge in [-0.3, -0.25) is 4.79 Å². The van der Waals surface area contributed by atoms with Gasteiger partial charge in [0.2, 0.25) is 5.88 Å². The van der Waals surface area contributed by atoms with Gasteiger partial charge in [-0.2, -0.15) is 4.98 Å². The second kappa shape index (κ2) is 4.70. The quantitative estimate of drug-likeness (QED) is 0.720. The number of nitrogens with zero attached hydrogens (tertiary/aromatic N) is 2. The van der Waals surface area contributed by atoms with E-state index in [2.05, 4.69) is 9.97 Å². The zero-order valence-corrected chi connectivity index (χ0v) is 8.60. The predicted octanol–water partition coefficient (Wildman–Crippen LogP) is -0.116. The van der Waals surface area contributed by atoms with Crippen molar-refractivity contribution in [1.29, 1.82) is 0 Å². The summed E-state index contributed by atoms with van der Waals surface area (Å²) in [6.07, 6.45) is 0. The molecule has 1 aromatic heterocycles. The molecule has 0 saturated heterocycles. The van der Waals surface area contributed by atoms with Crippen LogP contribution in [0.25, 0.3) is 0 Å². The summed E-state index contributed by atoms with van der Waals surface area (Å²) in [7, 11) is 0. The molecule has 0 aromatic carbocycles. The summed E-state index contributed by atoms with van der Waals surface area (Å²) in [6.45, 7) is 3.43. The fraction of sp³-hybridized carbons (Fsp3) is 0.444. The molecule has 0 aliphatic heterocycles. The summed E-state index contributed by atoms with van der Waals surface area (Å²) < 4.78 is 5.13. The fourth-order valence-corrected chi connectivity index (χ4v) is 1.00. The maximum atomic E-state index is 10.4. The van der Waals surface area contributed by atoms with E-state index in [1.165, 1.54) is 0 Å². The molecule has 3 N–H and O–H groups in total. The molecule has 1 atom stereocenters. The summed E-state index contributed by atoms with van der Waals surface area (Å²) in [5.74, 6) is -0.178. The molecule has 1 unspecified atom stereocenters. The van der Waals surface area contributed by atoms with Crippen molar-refractivity contribution >= 4 is 5.97 Å². The molecule has 1 heterocycles. The van der Waals surface area contributed by atoms with Crippen LogP contribution in [-0.4, -0.2) is 33.7 Å². The van der Waals surface area contributed by atoms with Crippen LogP contribution in [0.15, 0.2) is 6.07 Å². The Kier molecular flexibility index (Phi) is 3.56. The zero-order chi connectivity index (χ0) is 11.4. The number of aromatic nitrogens is 2. The van der Waals surface area contributed by atoms with Crippen LogP contribution in [-0.2, 0) is 4.79 Å². The summed E-state index contributed by atoms with van der Waals surface area (Å²) in [4.78, 5) is 18.5. The third kappa shape index (κ3) is 3.51. The molecule has 1 rings (SSSR count). The number of carboxylic acid groups (broad SMARTS) is 1. The Labute approximate surface area is 87.1 Å². The van der Waals surface area contributed by atoms with Crippen LogP contribution < -0.4 is 10.5 Å². The van der Waals surface area contributed by atoms with Gasteiger partial charge in [0.25, 0.3) is 0 Å². The van der Waals surface area contributed by atoms with Crippen molar-refractivity contribution in [2.45, 2.75) is 19.9 Å². The SMILES string of the molecule is Cc1cc(OCC(N)C(=O)O)nc(C)n1. The van der Waals surface area contributed by atoms with E-state index in [-0.39, 0.29) is 6.61 Å². The minimum Gasteiger partial charge on any atom is -0.480 e. The molecule has 6 nitrogen and oxygen atoms in total. The normalized spacial score (nSPS) is 12.2. The van der Waals surface area contributed by atoms with Crippen molar-refractivity contribution in [3.05, 3.63) is 17.6 Å². The molecule has 15 heavy (non-hydrogen) atoms. The third-order valence-corrected chi connectivity index (χ3v) is 1.67. The van der Waals surface area contributed by atoms with Gasteiger partial charge in [-0.1, -0.05) is 0 Å². The van der Waals surface area contributed by atoms with Crippen molar-refractivity contribution in [2.75, 3.05) is 6.61 Å². The highest BCUT2D eigenvalue weighted by molar-refractivity contribution is 5.73. The molecule has 0 saturated carbocycles. The monoisotopic (exact) mass is 211 g/mol. The molecule has 6 heteroatoms. The van der Waals surface area contributed by atoms with Gasteiger partial charge < -0.3 is 15.6 Å². The van der Waals surface area contributed by atoms with E-state index in [9.17, 15) is 4.79 Å². The number of aryl methyl sites for hydroxylation is 2. The highest BCUT2D eigenvalue weighted by Gasteiger charge is 2.12. The molecular formula is C9H13N3O3. The lowest BCUT2D eigenvalue weighted by molar-refractivity contribution is -0.139. The average molecular weight is 211 g/mol. The number of hydrogen-bond donors (Lipinski definition) is 2. The van der Waals surface area contributed by atoms with E-state index in [0.717, 1.165) is 5.69 Å². The Morgan fingerprint density at radius 1 is 1.60 bits per heavy atom. The third-order valence-electron chi connectivity index (χ3n) is 1.67. The zero-order valence-electron chi connectivity index (χ0n) is 8.60. The lowest BCUT2D eigenvalue weighted by atomic mass is 10.3. The number of nitrogens with two attached hydrogens (primary N) is 1. The molecule has 0 aliphatic carbocycles. The molecule has 0 bridgehead atoms. The molecule has 0 radical (unpaired) electrons. The van der Waals surface area contributed by atoms with Crippen LogP contribution in [0.1, 0.15) is 11.5 Å². The van der Waals surface area contributed by atoms with Crippen molar-refractivity contribution < 1.29 is 14.6 Å². The topological polar surface area (TPSA) is 98.3 Å². The van der Waals surface area contributed by atoms with E-state index in [4.69, 9.17) is 15.6 Å². The first-order valence-electron chi connectivity index (χ1n) is 4.42. The molecule has 82 valence electrons. The largest absolute Gasteiger partial charge is 0.480 e. The first-order valence-corrected chi connectivity index (χ1v) is 4.42. The lowest BCUT2D eigenvalue weighted by Crippen LogP contribution is -2.36. The fourth-order valence-electron chi connectivity index (χ4n) is 1.00. The number of aliphatic carboxylic acids is 1. The van der Waals surface area contributed by atoms with Crippen molar-refractivity contribution in [2.24, 2.45) is 5.73 Å². The first kappa shape index (κ1) is 11.4. The first-order chi connectivity index (χ1) is 6.99. The highest BCUT2D eigenvalue weighted by atomic mass is 16.5. The Hall–Kier alpha value is -1.69. The van der Waals surface area contributed by atoms with Crippen molar-refractivity contribution in [3.8, 4) is 5.88 Å². The number of rotatable bonds is 4. The van der Waals surface area contributed by atoms with Crippen LogP contribution in [0.4, 0.5) is 0 Å². The summed E-state index contributed by atoms with van der Waals surface area (Å²) in [5.41, 5.74) is 6.04. The Morgan fingerprint density at radius 3 is 2.80 bits per heavy atom. The molecular weight excluding hydrogens is 198 g/mol. The van der Waals surface area contributed by atoms with Gasteiger partial charge >= 0.3 is 5.97 Å². The Morgan fingerprint density at radius 2 is 2.27 bits per heavy atom. The van der Waals surface area contributed by atoms with Gasteiger partial charge in [0.1, 0.15) is 18.5 Å². The number of carboxylic acids is 1. The van der Waals surface area contributed by atoms with Crippen LogP contribution >= 0.6 is 0 Å². The van der Waals surface area contributed by atoms with E-state index >= 15 is 0 Å². The standard InChI is InChI=1S/C9H13N3O3/c1-5-3-8(12-6(2)11-5)15-4-7(10)9(13)14/h3,7H,4,10H2,1-2H3,(H,13,14). The Bertz CT molecular complexity index is 347. The van der Waals surface area contributed by atoms with Gasteiger partial charge in [0.05, 0.1) is 0 Å². The second-order valence-electron chi connectivity index (χ2n) is 3.15. The number of carbonyl (C=O) groups is 1. The highest BCUT2D eigenvalue weighted by Crippen LogP contribution is 2.08. The van der Waals surface area contributed by atoms with Crippen LogP contribution in [0.5, 0.6) is 5.88 Å². The summed E-state index contributed by atoms with van der Waals surface area (Å²) in [6, 6.07) is 0.585. The van der Waals surface area contributed by atoms with E-state index < -0.39 is 12.0 Å². The van der Waals surface area contributed by atoms with Crippen molar-refractivity contribution in [3.63, 3.8) is 0 Å². The molecule has 0 aliphatic rings. The van der Waals surface area contributed by atoms with Gasteiger partial charge in [-0.25, -0.2) is 4.98 Å².